The van der Waals surface area contributed by atoms with Crippen LogP contribution in [0.25, 0.3) is 0 Å². The number of carbonyl (C=O) groups is 4. The summed E-state index contributed by atoms with van der Waals surface area (Å²) in [5.74, 6) is -3.49. The van der Waals surface area contributed by atoms with E-state index in [0.29, 0.717) is 32.4 Å². The Morgan fingerprint density at radius 3 is 2.30 bits per heavy atom. The number of nitrogens with zero attached hydrogens (tertiary/aromatic N) is 2. The maximum absolute atomic E-state index is 13.6. The lowest BCUT2D eigenvalue weighted by molar-refractivity contribution is -0.138. The number of hydrogen-bond donors (Lipinski definition) is 1. The van der Waals surface area contributed by atoms with Crippen molar-refractivity contribution in [1.82, 2.24) is 10.2 Å². The average Bonchev–Trinajstić information content (AvgIpc) is 3.34. The molecule has 0 aliphatic carbocycles. The summed E-state index contributed by atoms with van der Waals surface area (Å²) in [5.41, 5.74) is -3.26. The minimum atomic E-state index is -4.63. The molecule has 0 saturated carbocycles. The number of piperidine rings is 1. The highest BCUT2D eigenvalue weighted by Gasteiger charge is 2.76. The van der Waals surface area contributed by atoms with Crippen LogP contribution in [0.15, 0.2) is 18.2 Å². The second-order valence-corrected chi connectivity index (χ2v) is 11.1. The molecule has 1 aromatic carbocycles. The van der Waals surface area contributed by atoms with E-state index >= 15 is 0 Å². The number of hydrogen-bond acceptors (Lipinski definition) is 5. The molecule has 4 heterocycles. The van der Waals surface area contributed by atoms with Crippen molar-refractivity contribution in [3.63, 3.8) is 0 Å². The largest absolute Gasteiger partial charge is 0.416 e. The average molecular weight is 522 g/mol. The van der Waals surface area contributed by atoms with Crippen LogP contribution in [-0.2, 0) is 30.1 Å². The minimum absolute atomic E-state index is 0.00484. The fourth-order valence-electron chi connectivity index (χ4n) is 6.81. The van der Waals surface area contributed by atoms with Crippen LogP contribution in [0.2, 0.25) is 0 Å². The first kappa shape index (κ1) is 25.7. The highest BCUT2D eigenvalue weighted by molar-refractivity contribution is 6.23. The molecule has 5 atom stereocenters. The first-order chi connectivity index (χ1) is 17.2. The fourth-order valence-corrected chi connectivity index (χ4v) is 6.81. The number of likely N-dealkylation sites (tertiary alicyclic amines) is 1. The van der Waals surface area contributed by atoms with Gasteiger partial charge in [-0.3, -0.25) is 19.2 Å². The van der Waals surface area contributed by atoms with Gasteiger partial charge in [-0.1, -0.05) is 6.07 Å². The van der Waals surface area contributed by atoms with Gasteiger partial charge in [0.25, 0.3) is 0 Å². The van der Waals surface area contributed by atoms with Gasteiger partial charge in [-0.2, -0.15) is 13.2 Å². The highest BCUT2D eigenvalue weighted by atomic mass is 19.4. The molecule has 0 unspecified atom stereocenters. The minimum Gasteiger partial charge on any atom is -0.365 e. The molecule has 0 spiro atoms. The van der Waals surface area contributed by atoms with Gasteiger partial charge in [0.1, 0.15) is 0 Å². The van der Waals surface area contributed by atoms with E-state index in [4.69, 9.17) is 4.74 Å². The Labute approximate surface area is 212 Å². The Kier molecular flexibility index (Phi) is 5.75. The highest BCUT2D eigenvalue weighted by Crippen LogP contribution is 2.61. The zero-order chi connectivity index (χ0) is 27.1. The molecule has 1 aromatic rings. The second kappa shape index (κ2) is 8.28. The zero-order valence-electron chi connectivity index (χ0n) is 21.1. The maximum atomic E-state index is 13.6. The Morgan fingerprint density at radius 1 is 1.08 bits per heavy atom. The number of fused-ring (bicyclic) bond motifs is 5. The number of rotatable bonds is 3. The van der Waals surface area contributed by atoms with Crippen molar-refractivity contribution in [2.45, 2.75) is 70.4 Å². The third-order valence-electron chi connectivity index (χ3n) is 8.75. The van der Waals surface area contributed by atoms with E-state index in [1.807, 2.05) is 0 Å². The van der Waals surface area contributed by atoms with Crippen molar-refractivity contribution in [3.8, 4) is 0 Å². The number of benzene rings is 1. The molecule has 200 valence electrons. The Bertz CT molecular complexity index is 1190. The normalized spacial score (nSPS) is 33.8. The summed E-state index contributed by atoms with van der Waals surface area (Å²) in [6.07, 6.45) is -3.27. The Hall–Kier alpha value is -2.95. The fraction of sp³-hybridized carbons (Fsp3) is 0.615. The molecule has 37 heavy (non-hydrogen) atoms. The number of imide groups is 1. The molecule has 5 rings (SSSR count). The van der Waals surface area contributed by atoms with E-state index in [9.17, 15) is 32.3 Å². The molecule has 2 bridgehead atoms. The van der Waals surface area contributed by atoms with Gasteiger partial charge in [-0.05, 0) is 57.7 Å². The Balaban J connectivity index is 1.38. The molecule has 8 nitrogen and oxygen atoms in total. The number of aryl methyl sites for hydroxylation is 1. The lowest BCUT2D eigenvalue weighted by Crippen LogP contribution is -2.57. The van der Waals surface area contributed by atoms with Crippen LogP contribution in [0, 0.1) is 24.7 Å². The van der Waals surface area contributed by atoms with Gasteiger partial charge < -0.3 is 15.0 Å². The molecule has 1 N–H and O–H groups in total. The lowest BCUT2D eigenvalue weighted by Gasteiger charge is -2.37. The summed E-state index contributed by atoms with van der Waals surface area (Å²) in [7, 11) is 0. The first-order valence-electron chi connectivity index (χ1n) is 12.5. The number of halogens is 3. The summed E-state index contributed by atoms with van der Waals surface area (Å²) < 4.78 is 46.8. The summed E-state index contributed by atoms with van der Waals surface area (Å²) in [6, 6.07) is 2.90. The van der Waals surface area contributed by atoms with Crippen LogP contribution < -0.4 is 10.2 Å². The number of nitrogens with one attached hydrogen (secondary N) is 1. The predicted octanol–water partition coefficient (Wildman–Crippen LogP) is 2.81. The summed E-state index contributed by atoms with van der Waals surface area (Å²) >= 11 is 0. The monoisotopic (exact) mass is 521 g/mol. The maximum Gasteiger partial charge on any atom is 0.416 e. The SMILES string of the molecule is CC(=O)N1CCC(C(=O)N[C@@H]2C[C@@]3(C)O[C@]2(C)[C@@H]2C(=O)N(c4ccc(C)c(C(F)(F)F)c4)C(=O)[C@@H]23)CC1. The van der Waals surface area contributed by atoms with E-state index in [-0.39, 0.29) is 29.0 Å². The van der Waals surface area contributed by atoms with Gasteiger partial charge in [-0.25, -0.2) is 4.90 Å². The lowest BCUT2D eigenvalue weighted by atomic mass is 9.66. The molecule has 4 amide bonds. The molecule has 4 aliphatic heterocycles. The number of anilines is 1. The molecule has 4 fully saturated rings. The molecular formula is C26H30F3N3O5. The van der Waals surface area contributed by atoms with Crippen LogP contribution >= 0.6 is 0 Å². The van der Waals surface area contributed by atoms with E-state index in [2.05, 4.69) is 5.32 Å². The predicted molar refractivity (Wildman–Crippen MR) is 125 cm³/mol. The van der Waals surface area contributed by atoms with Gasteiger partial charge in [0, 0.05) is 25.9 Å². The first-order valence-corrected chi connectivity index (χ1v) is 12.5. The quantitative estimate of drug-likeness (QED) is 0.618. The molecule has 0 aromatic heterocycles. The zero-order valence-corrected chi connectivity index (χ0v) is 21.1. The standard InChI is InChI=1S/C26H30F3N3O5/c1-13-5-6-16(11-17(13)26(27,28)29)32-22(35)19-20(23(32)36)25(4)18(12-24(19,3)37-25)30-21(34)15-7-9-31(10-8-15)14(2)33/h5-6,11,15,18-20H,7-10,12H2,1-4H3,(H,30,34)/t18-,19-,20+,24-,25+/m1/s1. The van der Waals surface area contributed by atoms with E-state index in [1.165, 1.54) is 26.0 Å². The van der Waals surface area contributed by atoms with Gasteiger partial charge in [0.2, 0.25) is 23.6 Å². The summed E-state index contributed by atoms with van der Waals surface area (Å²) in [4.78, 5) is 54.3. The van der Waals surface area contributed by atoms with Crippen molar-refractivity contribution in [3.05, 3.63) is 29.3 Å². The third-order valence-corrected chi connectivity index (χ3v) is 8.75. The van der Waals surface area contributed by atoms with Gasteiger partial charge >= 0.3 is 6.18 Å². The smallest absolute Gasteiger partial charge is 0.365 e. The van der Waals surface area contributed by atoms with Gasteiger partial charge in [0.05, 0.1) is 40.3 Å². The van der Waals surface area contributed by atoms with Gasteiger partial charge in [0.15, 0.2) is 0 Å². The number of amides is 4. The van der Waals surface area contributed by atoms with Crippen LogP contribution in [0.4, 0.5) is 18.9 Å². The van der Waals surface area contributed by atoms with E-state index in [0.717, 1.165) is 11.0 Å². The van der Waals surface area contributed by atoms with Gasteiger partial charge in [-0.15, -0.1) is 0 Å². The Morgan fingerprint density at radius 2 is 1.70 bits per heavy atom. The van der Waals surface area contributed by atoms with Crippen molar-refractivity contribution < 1.29 is 37.1 Å². The van der Waals surface area contributed by atoms with Crippen LogP contribution in [0.1, 0.15) is 51.2 Å². The van der Waals surface area contributed by atoms with Crippen LogP contribution in [0.5, 0.6) is 0 Å². The van der Waals surface area contributed by atoms with E-state index < -0.39 is 52.6 Å². The second-order valence-electron chi connectivity index (χ2n) is 11.1. The molecule has 11 heteroatoms. The summed E-state index contributed by atoms with van der Waals surface area (Å²) in [5, 5.41) is 3.03. The van der Waals surface area contributed by atoms with E-state index in [1.54, 1.807) is 18.7 Å². The number of carbonyl (C=O) groups excluding carboxylic acids is 4. The van der Waals surface area contributed by atoms with Crippen molar-refractivity contribution in [2.75, 3.05) is 18.0 Å². The molecular weight excluding hydrogens is 491 g/mol. The molecule has 4 aliphatic rings. The van der Waals surface area contributed by atoms with Crippen LogP contribution in [-0.4, -0.2) is 58.9 Å². The van der Waals surface area contributed by atoms with Crippen molar-refractivity contribution in [1.29, 1.82) is 0 Å². The third kappa shape index (κ3) is 3.84. The summed E-state index contributed by atoms with van der Waals surface area (Å²) in [6.45, 7) is 7.21. The topological polar surface area (TPSA) is 96.0 Å². The van der Waals surface area contributed by atoms with Crippen molar-refractivity contribution in [2.24, 2.45) is 17.8 Å². The number of ether oxygens (including phenoxy) is 1. The molecule has 0 radical (unpaired) electrons. The van der Waals surface area contributed by atoms with Crippen molar-refractivity contribution >= 4 is 29.3 Å². The number of alkyl halides is 3. The van der Waals surface area contributed by atoms with Crippen LogP contribution in [0.3, 0.4) is 0 Å². The molecule has 4 saturated heterocycles.